The van der Waals surface area contributed by atoms with Gasteiger partial charge in [0.25, 0.3) is 0 Å². The average Bonchev–Trinajstić information content (AvgIpc) is 0.918. The summed E-state index contributed by atoms with van der Waals surface area (Å²) in [6, 6.07) is 0. The van der Waals surface area contributed by atoms with Crippen LogP contribution in [-0.2, 0) is 16.5 Å². The van der Waals surface area contributed by atoms with Crippen molar-refractivity contribution in [2.45, 2.75) is 0 Å². The van der Waals surface area contributed by atoms with Crippen LogP contribution in [-0.4, -0.2) is 5.34 Å². The van der Waals surface area contributed by atoms with Crippen LogP contribution in [0.3, 0.4) is 0 Å². The first kappa shape index (κ1) is 8.91. The number of alkyl halides is 2. The Morgan fingerprint density at radius 2 is 1.25 bits per heavy atom. The monoisotopic (exact) mass is 142 g/mol. The van der Waals surface area contributed by atoms with Gasteiger partial charge in [0.15, 0.2) is 0 Å². The molecule has 3 heteroatoms. The third-order valence-electron chi connectivity index (χ3n) is 0. The molecule has 0 unspecified atom stereocenters. The first-order valence-corrected chi connectivity index (χ1v) is 1.60. The van der Waals surface area contributed by atoms with Crippen LogP contribution in [0.1, 0.15) is 0 Å². The van der Waals surface area contributed by atoms with Gasteiger partial charge in [-0.05, 0) is 0 Å². The van der Waals surface area contributed by atoms with Crippen molar-refractivity contribution in [2.24, 2.45) is 0 Å². The normalized spacial score (nSPS) is 4.50. The SMILES string of the molecule is ClCCl.[Ni+2]. The molecule has 0 aliphatic heterocycles. The van der Waals surface area contributed by atoms with Crippen molar-refractivity contribution >= 4 is 23.2 Å². The molecule has 0 radical (unpaired) electrons. The Labute approximate surface area is 45.4 Å². The predicted octanol–water partition coefficient (Wildman–Crippen LogP) is 1.42. The zero-order valence-corrected chi connectivity index (χ0v) is 4.28. The molecular weight excluding hydrogens is 142 g/mol. The quantitative estimate of drug-likeness (QED) is 0.356. The van der Waals surface area contributed by atoms with E-state index < -0.39 is 0 Å². The van der Waals surface area contributed by atoms with E-state index in [0.717, 1.165) is 0 Å². The first-order valence-electron chi connectivity index (χ1n) is 0.535. The summed E-state index contributed by atoms with van der Waals surface area (Å²) in [6.45, 7) is 0. The summed E-state index contributed by atoms with van der Waals surface area (Å²) in [6.07, 6.45) is 0. The Morgan fingerprint density at radius 1 is 1.25 bits per heavy atom. The molecule has 0 spiro atoms. The summed E-state index contributed by atoms with van der Waals surface area (Å²) in [5, 5.41) is 0.194. The summed E-state index contributed by atoms with van der Waals surface area (Å²) < 4.78 is 0. The van der Waals surface area contributed by atoms with E-state index in [1.54, 1.807) is 0 Å². The van der Waals surface area contributed by atoms with Crippen molar-refractivity contribution in [3.8, 4) is 0 Å². The molecule has 0 bridgehead atoms. The zero-order chi connectivity index (χ0) is 2.71. The van der Waals surface area contributed by atoms with Crippen molar-refractivity contribution in [3.05, 3.63) is 0 Å². The third kappa shape index (κ3) is 11.5. The second-order valence-corrected chi connectivity index (χ2v) is 0.909. The average molecular weight is 144 g/mol. The molecular formula is CH2Cl2Ni+2. The van der Waals surface area contributed by atoms with Gasteiger partial charge in [0.2, 0.25) is 0 Å². The van der Waals surface area contributed by atoms with Crippen LogP contribution >= 0.6 is 23.2 Å². The molecule has 0 aliphatic carbocycles. The number of hydrogen-bond donors (Lipinski definition) is 0. The van der Waals surface area contributed by atoms with Gasteiger partial charge in [0.05, 0.1) is 5.34 Å². The summed E-state index contributed by atoms with van der Waals surface area (Å²) in [4.78, 5) is 0. The summed E-state index contributed by atoms with van der Waals surface area (Å²) in [7, 11) is 0. The minimum atomic E-state index is 0. The largest absolute Gasteiger partial charge is 2.00 e. The molecule has 0 aromatic rings. The van der Waals surface area contributed by atoms with Gasteiger partial charge in [-0.1, -0.05) is 0 Å². The van der Waals surface area contributed by atoms with Crippen molar-refractivity contribution in [2.75, 3.05) is 5.34 Å². The Balaban J connectivity index is 0. The van der Waals surface area contributed by atoms with Gasteiger partial charge in [0, 0.05) is 0 Å². The summed E-state index contributed by atoms with van der Waals surface area (Å²) in [5.41, 5.74) is 0. The van der Waals surface area contributed by atoms with Gasteiger partial charge in [0.1, 0.15) is 0 Å². The molecule has 0 amide bonds. The zero-order valence-electron chi connectivity index (χ0n) is 1.78. The van der Waals surface area contributed by atoms with Crippen LogP contribution in [0.2, 0.25) is 0 Å². The number of rotatable bonds is 0. The molecule has 0 heterocycles. The maximum atomic E-state index is 4.76. The van der Waals surface area contributed by atoms with E-state index in [1.165, 1.54) is 0 Å². The molecule has 0 saturated heterocycles. The maximum Gasteiger partial charge on any atom is 2.00 e. The molecule has 0 aromatic carbocycles. The summed E-state index contributed by atoms with van der Waals surface area (Å²) in [5.74, 6) is 0. The molecule has 0 saturated carbocycles. The molecule has 0 rings (SSSR count). The molecule has 4 heavy (non-hydrogen) atoms. The van der Waals surface area contributed by atoms with Crippen molar-refractivity contribution in [1.82, 2.24) is 0 Å². The van der Waals surface area contributed by atoms with Crippen LogP contribution in [0, 0.1) is 0 Å². The van der Waals surface area contributed by atoms with E-state index in [9.17, 15) is 0 Å². The van der Waals surface area contributed by atoms with Gasteiger partial charge in [-0.2, -0.15) is 0 Å². The van der Waals surface area contributed by atoms with Crippen LogP contribution in [0.15, 0.2) is 0 Å². The van der Waals surface area contributed by atoms with Gasteiger partial charge >= 0.3 is 16.5 Å². The summed E-state index contributed by atoms with van der Waals surface area (Å²) >= 11 is 9.53. The predicted molar refractivity (Wildman–Crippen MR) is 16.6 cm³/mol. The smallest absolute Gasteiger partial charge is 0.109 e. The van der Waals surface area contributed by atoms with Gasteiger partial charge in [-0.15, -0.1) is 23.2 Å². The molecule has 0 atom stereocenters. The fourth-order valence-corrected chi connectivity index (χ4v) is 0. The molecule has 0 nitrogen and oxygen atoms in total. The van der Waals surface area contributed by atoms with E-state index in [2.05, 4.69) is 0 Å². The van der Waals surface area contributed by atoms with Crippen LogP contribution in [0.4, 0.5) is 0 Å². The standard InChI is InChI=1S/CH2Cl2.Ni/c2-1-3;/h1H2;/q;+2. The Hall–Kier alpha value is 1.07. The fraction of sp³-hybridized carbons (Fsp3) is 1.00. The van der Waals surface area contributed by atoms with Crippen LogP contribution < -0.4 is 0 Å². The first-order chi connectivity index (χ1) is 1.41. The third-order valence-corrected chi connectivity index (χ3v) is 0. The van der Waals surface area contributed by atoms with Gasteiger partial charge in [-0.3, -0.25) is 0 Å². The molecule has 0 aliphatic rings. The Kier molecular flexibility index (Phi) is 19.9. The maximum absolute atomic E-state index is 4.76. The Bertz CT molecular complexity index is 6.00. The van der Waals surface area contributed by atoms with Crippen molar-refractivity contribution in [3.63, 3.8) is 0 Å². The molecule has 0 aromatic heterocycles. The molecule has 28 valence electrons. The molecule has 0 fully saturated rings. The van der Waals surface area contributed by atoms with E-state index in [-0.39, 0.29) is 21.8 Å². The fourth-order valence-electron chi connectivity index (χ4n) is 0. The Morgan fingerprint density at radius 3 is 1.25 bits per heavy atom. The van der Waals surface area contributed by atoms with Crippen LogP contribution in [0.25, 0.3) is 0 Å². The van der Waals surface area contributed by atoms with Gasteiger partial charge < -0.3 is 0 Å². The number of hydrogen-bond acceptors (Lipinski definition) is 0. The number of halogens is 2. The minimum Gasteiger partial charge on any atom is -0.109 e. The topological polar surface area (TPSA) is 0 Å². The minimum absolute atomic E-state index is 0. The van der Waals surface area contributed by atoms with E-state index in [0.29, 0.717) is 0 Å². The van der Waals surface area contributed by atoms with E-state index in [1.807, 2.05) is 0 Å². The van der Waals surface area contributed by atoms with Crippen LogP contribution in [0.5, 0.6) is 0 Å². The van der Waals surface area contributed by atoms with E-state index in [4.69, 9.17) is 23.2 Å². The van der Waals surface area contributed by atoms with Gasteiger partial charge in [-0.25, -0.2) is 0 Å². The van der Waals surface area contributed by atoms with Crippen molar-refractivity contribution < 1.29 is 16.5 Å². The van der Waals surface area contributed by atoms with E-state index >= 15 is 0 Å². The second kappa shape index (κ2) is 8.95. The second-order valence-electron chi connectivity index (χ2n) is 0.101. The molecule has 0 N–H and O–H groups in total. The van der Waals surface area contributed by atoms with Crippen molar-refractivity contribution in [1.29, 1.82) is 0 Å².